The third-order valence-electron chi connectivity index (χ3n) is 2.51. The van der Waals surface area contributed by atoms with Gasteiger partial charge < -0.3 is 5.32 Å². The number of amides is 2. The smallest absolute Gasteiger partial charge is 0.266 e. The first-order valence-corrected chi connectivity index (χ1v) is 8.46. The Kier molecular flexibility index (Phi) is 4.85. The fraction of sp³-hybridized carbons (Fsp3) is 0.357. The van der Waals surface area contributed by atoms with Crippen LogP contribution >= 0.6 is 35.3 Å². The number of rotatable bonds is 3. The minimum Gasteiger partial charge on any atom is -0.350 e. The summed E-state index contributed by atoms with van der Waals surface area (Å²) in [6, 6.07) is 3.86. The standard InChI is InChI=1S/C14H16N2O2S3/c1-14(2,3)15-11(17)8-16-12(18)10(21-13(16)19)7-9-5-4-6-20-9/h4-7H,8H2,1-3H3,(H,15,17)/b10-7+. The van der Waals surface area contributed by atoms with Gasteiger partial charge in [-0.2, -0.15) is 0 Å². The Morgan fingerprint density at radius 2 is 2.19 bits per heavy atom. The van der Waals surface area contributed by atoms with Crippen molar-refractivity contribution in [1.82, 2.24) is 10.2 Å². The van der Waals surface area contributed by atoms with E-state index in [1.54, 1.807) is 11.3 Å². The maximum atomic E-state index is 12.3. The summed E-state index contributed by atoms with van der Waals surface area (Å²) >= 11 is 7.99. The first-order valence-electron chi connectivity index (χ1n) is 6.36. The van der Waals surface area contributed by atoms with Crippen LogP contribution in [0, 0.1) is 0 Å². The van der Waals surface area contributed by atoms with Gasteiger partial charge in [-0.05, 0) is 38.3 Å². The number of thiocarbonyl (C=S) groups is 1. The van der Waals surface area contributed by atoms with Gasteiger partial charge in [-0.1, -0.05) is 30.0 Å². The van der Waals surface area contributed by atoms with Crippen LogP contribution in [0.3, 0.4) is 0 Å². The third kappa shape index (κ3) is 4.39. The van der Waals surface area contributed by atoms with Crippen LogP contribution in [0.25, 0.3) is 6.08 Å². The molecule has 2 amide bonds. The van der Waals surface area contributed by atoms with E-state index in [1.165, 1.54) is 16.7 Å². The van der Waals surface area contributed by atoms with Gasteiger partial charge in [0.1, 0.15) is 10.9 Å². The van der Waals surface area contributed by atoms with Gasteiger partial charge in [0.15, 0.2) is 0 Å². The maximum Gasteiger partial charge on any atom is 0.266 e. The number of hydrogen-bond donors (Lipinski definition) is 1. The molecule has 2 rings (SSSR count). The van der Waals surface area contributed by atoms with Gasteiger partial charge in [0.25, 0.3) is 5.91 Å². The lowest BCUT2D eigenvalue weighted by Crippen LogP contribution is -2.46. The second-order valence-corrected chi connectivity index (χ2v) is 8.24. The normalized spacial score (nSPS) is 17.7. The molecule has 0 aliphatic carbocycles. The van der Waals surface area contributed by atoms with Crippen LogP contribution < -0.4 is 5.32 Å². The highest BCUT2D eigenvalue weighted by atomic mass is 32.2. The fourth-order valence-corrected chi connectivity index (χ4v) is 3.72. The Hall–Kier alpha value is -1.18. The lowest BCUT2D eigenvalue weighted by Gasteiger charge is -2.22. The van der Waals surface area contributed by atoms with E-state index < -0.39 is 0 Å². The Labute approximate surface area is 137 Å². The molecule has 21 heavy (non-hydrogen) atoms. The number of thiophene rings is 1. The van der Waals surface area contributed by atoms with Gasteiger partial charge in [0.2, 0.25) is 5.91 Å². The van der Waals surface area contributed by atoms with E-state index in [-0.39, 0.29) is 23.9 Å². The molecular formula is C14H16N2O2S3. The van der Waals surface area contributed by atoms with Crippen molar-refractivity contribution in [2.24, 2.45) is 0 Å². The molecule has 7 heteroatoms. The molecular weight excluding hydrogens is 324 g/mol. The second kappa shape index (κ2) is 6.29. The number of carbonyl (C=O) groups is 2. The molecule has 1 saturated heterocycles. The van der Waals surface area contributed by atoms with Crippen molar-refractivity contribution in [3.05, 3.63) is 27.3 Å². The molecule has 1 aromatic rings. The summed E-state index contributed by atoms with van der Waals surface area (Å²) < 4.78 is 0.423. The van der Waals surface area contributed by atoms with E-state index in [0.717, 1.165) is 4.88 Å². The number of nitrogens with zero attached hydrogens (tertiary/aromatic N) is 1. The lowest BCUT2D eigenvalue weighted by atomic mass is 10.1. The van der Waals surface area contributed by atoms with E-state index in [2.05, 4.69) is 5.32 Å². The average molecular weight is 340 g/mol. The van der Waals surface area contributed by atoms with Gasteiger partial charge >= 0.3 is 0 Å². The predicted molar refractivity (Wildman–Crippen MR) is 92.1 cm³/mol. The van der Waals surface area contributed by atoms with Crippen molar-refractivity contribution in [3.63, 3.8) is 0 Å². The quantitative estimate of drug-likeness (QED) is 0.679. The summed E-state index contributed by atoms with van der Waals surface area (Å²) in [6.45, 7) is 5.65. The Morgan fingerprint density at radius 1 is 1.48 bits per heavy atom. The molecule has 1 aliphatic heterocycles. The Morgan fingerprint density at radius 3 is 2.76 bits per heavy atom. The van der Waals surface area contributed by atoms with E-state index in [9.17, 15) is 9.59 Å². The van der Waals surface area contributed by atoms with Crippen LogP contribution in [-0.4, -0.2) is 33.1 Å². The molecule has 4 nitrogen and oxygen atoms in total. The van der Waals surface area contributed by atoms with Crippen molar-refractivity contribution >= 4 is 57.5 Å². The van der Waals surface area contributed by atoms with Crippen LogP contribution in [0.5, 0.6) is 0 Å². The van der Waals surface area contributed by atoms with Gasteiger partial charge in [0.05, 0.1) is 4.91 Å². The molecule has 0 unspecified atom stereocenters. The van der Waals surface area contributed by atoms with Crippen molar-refractivity contribution in [2.75, 3.05) is 6.54 Å². The molecule has 0 aromatic carbocycles. The van der Waals surface area contributed by atoms with E-state index in [0.29, 0.717) is 9.23 Å². The number of carbonyl (C=O) groups excluding carboxylic acids is 2. The Bertz CT molecular complexity index is 600. The lowest BCUT2D eigenvalue weighted by molar-refractivity contribution is -0.129. The molecule has 1 N–H and O–H groups in total. The van der Waals surface area contributed by atoms with Crippen molar-refractivity contribution in [2.45, 2.75) is 26.3 Å². The Balaban J connectivity index is 2.07. The molecule has 112 valence electrons. The monoisotopic (exact) mass is 340 g/mol. The van der Waals surface area contributed by atoms with Gasteiger partial charge in [-0.15, -0.1) is 11.3 Å². The fourth-order valence-electron chi connectivity index (χ4n) is 1.74. The minimum atomic E-state index is -0.329. The largest absolute Gasteiger partial charge is 0.350 e. The first-order chi connectivity index (χ1) is 9.76. The number of nitrogens with one attached hydrogen (secondary N) is 1. The van der Waals surface area contributed by atoms with Crippen LogP contribution in [0.15, 0.2) is 22.4 Å². The zero-order chi connectivity index (χ0) is 15.6. The van der Waals surface area contributed by atoms with Gasteiger partial charge in [0, 0.05) is 10.4 Å². The zero-order valence-corrected chi connectivity index (χ0v) is 14.5. The van der Waals surface area contributed by atoms with E-state index >= 15 is 0 Å². The van der Waals surface area contributed by atoms with Gasteiger partial charge in [-0.25, -0.2) is 0 Å². The predicted octanol–water partition coefficient (Wildman–Crippen LogP) is 2.86. The summed E-state index contributed by atoms with van der Waals surface area (Å²) in [6.07, 6.45) is 1.81. The molecule has 0 bridgehead atoms. The van der Waals surface area contributed by atoms with E-state index in [4.69, 9.17) is 12.2 Å². The molecule has 0 atom stereocenters. The minimum absolute atomic E-state index is 0.0380. The highest BCUT2D eigenvalue weighted by Crippen LogP contribution is 2.33. The summed E-state index contributed by atoms with van der Waals surface area (Å²) in [5.74, 6) is -0.418. The molecule has 1 fully saturated rings. The molecule has 0 spiro atoms. The van der Waals surface area contributed by atoms with Crippen LogP contribution in [-0.2, 0) is 9.59 Å². The topological polar surface area (TPSA) is 49.4 Å². The van der Waals surface area contributed by atoms with Crippen molar-refractivity contribution in [3.8, 4) is 0 Å². The summed E-state index contributed by atoms with van der Waals surface area (Å²) in [5.41, 5.74) is -0.329. The highest BCUT2D eigenvalue weighted by molar-refractivity contribution is 8.26. The molecule has 1 aromatic heterocycles. The molecule has 0 radical (unpaired) electrons. The molecule has 0 saturated carbocycles. The van der Waals surface area contributed by atoms with Crippen LogP contribution in [0.2, 0.25) is 0 Å². The molecule has 1 aliphatic rings. The SMILES string of the molecule is CC(C)(C)NC(=O)CN1C(=O)/C(=C\c2cccs2)SC1=S. The highest BCUT2D eigenvalue weighted by Gasteiger charge is 2.33. The summed E-state index contributed by atoms with van der Waals surface area (Å²) in [5, 5.41) is 4.78. The number of thioether (sulfide) groups is 1. The van der Waals surface area contributed by atoms with Gasteiger partial charge in [-0.3, -0.25) is 14.5 Å². The average Bonchev–Trinajstić information content (AvgIpc) is 2.92. The van der Waals surface area contributed by atoms with Crippen LogP contribution in [0.4, 0.5) is 0 Å². The maximum absolute atomic E-state index is 12.3. The second-order valence-electron chi connectivity index (χ2n) is 5.58. The summed E-state index contributed by atoms with van der Waals surface area (Å²) in [7, 11) is 0. The first kappa shape index (κ1) is 16.2. The van der Waals surface area contributed by atoms with Crippen LogP contribution in [0.1, 0.15) is 25.6 Å². The molecule has 2 heterocycles. The van der Waals surface area contributed by atoms with Crippen molar-refractivity contribution < 1.29 is 9.59 Å². The number of hydrogen-bond acceptors (Lipinski definition) is 5. The van der Waals surface area contributed by atoms with Crippen molar-refractivity contribution in [1.29, 1.82) is 0 Å². The van der Waals surface area contributed by atoms with E-state index in [1.807, 2.05) is 44.4 Å². The zero-order valence-electron chi connectivity index (χ0n) is 12.0. The summed E-state index contributed by atoms with van der Waals surface area (Å²) in [4.78, 5) is 27.2. The third-order valence-corrected chi connectivity index (χ3v) is 4.70.